The van der Waals surface area contributed by atoms with Crippen molar-refractivity contribution >= 4 is 103 Å². The van der Waals surface area contributed by atoms with Gasteiger partial charge in [0, 0.05) is 46.2 Å². The molecule has 0 N–H and O–H groups in total. The van der Waals surface area contributed by atoms with Crippen molar-refractivity contribution in [1.82, 2.24) is 19.4 Å². The van der Waals surface area contributed by atoms with Gasteiger partial charge < -0.3 is 0 Å². The van der Waals surface area contributed by atoms with E-state index in [0.717, 1.165) is 61.4 Å². The first-order valence-electron chi connectivity index (χ1n) is 35.9. The molecule has 0 unspecified atom stereocenters. The van der Waals surface area contributed by atoms with E-state index in [1.165, 1.54) is 142 Å². The minimum absolute atomic E-state index is 0.911. The van der Waals surface area contributed by atoms with Gasteiger partial charge in [-0.2, -0.15) is 0 Å². The molecule has 0 aliphatic carbocycles. The number of imidazole rings is 1. The molecule has 0 fully saturated rings. The van der Waals surface area contributed by atoms with Gasteiger partial charge in [0.25, 0.3) is 0 Å². The highest BCUT2D eigenvalue weighted by Gasteiger charge is 2.22. The van der Waals surface area contributed by atoms with Crippen LogP contribution in [0.25, 0.3) is 203 Å². The highest BCUT2D eigenvalue weighted by molar-refractivity contribution is 6.24. The molecule has 0 bridgehead atoms. The van der Waals surface area contributed by atoms with Crippen LogP contribution in [0.15, 0.2) is 389 Å². The van der Waals surface area contributed by atoms with E-state index in [2.05, 4.69) is 361 Å². The third-order valence-corrected chi connectivity index (χ3v) is 21.3. The number of hydrogen-bond donors (Lipinski definition) is 0. The van der Waals surface area contributed by atoms with Crippen LogP contribution < -0.4 is 0 Å². The number of nitrogens with zero attached hydrogens (tertiary/aromatic N) is 4. The lowest BCUT2D eigenvalue weighted by atomic mass is 9.84. The molecule has 21 rings (SSSR count). The summed E-state index contributed by atoms with van der Waals surface area (Å²) in [5, 5.41) is 21.0. The average molecular weight is 1330 g/mol. The van der Waals surface area contributed by atoms with E-state index in [0.29, 0.717) is 0 Å². The Labute approximate surface area is 607 Å². The first-order chi connectivity index (χ1) is 52.0. The van der Waals surface area contributed by atoms with Gasteiger partial charge in [-0.05, 0) is 214 Å². The zero-order chi connectivity index (χ0) is 69.3. The number of pyridine rings is 3. The summed E-state index contributed by atoms with van der Waals surface area (Å²) in [6.45, 7) is 0. The summed E-state index contributed by atoms with van der Waals surface area (Å²) in [5.41, 5.74) is 22.6. The summed E-state index contributed by atoms with van der Waals surface area (Å²) in [7, 11) is 0. The first kappa shape index (κ1) is 61.0. The number of para-hydroxylation sites is 1. The fourth-order valence-electron chi connectivity index (χ4n) is 16.2. The molecular formula is C101H64N4. The van der Waals surface area contributed by atoms with Crippen LogP contribution in [0.1, 0.15) is 0 Å². The van der Waals surface area contributed by atoms with Crippen molar-refractivity contribution in [3.63, 3.8) is 0 Å². The Morgan fingerprint density at radius 3 is 1.05 bits per heavy atom. The van der Waals surface area contributed by atoms with Crippen LogP contribution in [0, 0.1) is 0 Å². The normalized spacial score (nSPS) is 11.6. The predicted octanol–water partition coefficient (Wildman–Crippen LogP) is 27.2. The zero-order valence-electron chi connectivity index (χ0n) is 57.2. The van der Waals surface area contributed by atoms with Crippen LogP contribution in [-0.4, -0.2) is 19.4 Å². The van der Waals surface area contributed by atoms with Crippen molar-refractivity contribution in [2.75, 3.05) is 0 Å². The SMILES string of the molecule is c1ccc(-c2c(-c3ccc(-c4ccc5c(-c6ccc7ccccc7c6)c6ccccc6c(-c6ccc7ccccc7c6)c5c4)cc3)nc3ccccn23)cc1.c1ccc2cc(-c3c4ccccc4c(-c4ccc5ccccc5c4)c4cc(-c5ccc(-c6cnc7ccccc7c6)nc5)ccc34)ccc2c1. The van der Waals surface area contributed by atoms with Gasteiger partial charge in [0.15, 0.2) is 0 Å². The number of rotatable bonds is 9. The van der Waals surface area contributed by atoms with Gasteiger partial charge in [-0.15, -0.1) is 0 Å². The van der Waals surface area contributed by atoms with E-state index >= 15 is 0 Å². The van der Waals surface area contributed by atoms with Crippen LogP contribution in [-0.2, 0) is 0 Å². The second-order valence-electron chi connectivity index (χ2n) is 27.4. The maximum Gasteiger partial charge on any atom is 0.137 e. The lowest BCUT2D eigenvalue weighted by Crippen LogP contribution is -1.92. The molecule has 0 aliphatic rings. The van der Waals surface area contributed by atoms with Crippen LogP contribution in [0.5, 0.6) is 0 Å². The average Bonchev–Trinajstić information content (AvgIpc) is 1.13. The van der Waals surface area contributed by atoms with Gasteiger partial charge in [0.05, 0.1) is 22.6 Å². The molecule has 4 nitrogen and oxygen atoms in total. The second-order valence-corrected chi connectivity index (χ2v) is 27.4. The first-order valence-corrected chi connectivity index (χ1v) is 35.9. The molecular weight excluding hydrogens is 1270 g/mol. The Morgan fingerprint density at radius 2 is 0.562 bits per heavy atom. The van der Waals surface area contributed by atoms with Crippen molar-refractivity contribution in [2.45, 2.75) is 0 Å². The van der Waals surface area contributed by atoms with Crippen LogP contribution in [0.2, 0.25) is 0 Å². The van der Waals surface area contributed by atoms with E-state index < -0.39 is 0 Å². The molecule has 21 aromatic rings. The Hall–Kier alpha value is -13.9. The summed E-state index contributed by atoms with van der Waals surface area (Å²) in [4.78, 5) is 14.7. The van der Waals surface area contributed by atoms with Gasteiger partial charge in [-0.1, -0.05) is 303 Å². The van der Waals surface area contributed by atoms with Crippen molar-refractivity contribution in [1.29, 1.82) is 0 Å². The molecule has 0 aliphatic heterocycles. The molecule has 0 atom stereocenters. The Bertz CT molecular complexity index is 7010. The summed E-state index contributed by atoms with van der Waals surface area (Å²) < 4.78 is 2.19. The Kier molecular flexibility index (Phi) is 14.9. The maximum atomic E-state index is 5.12. The Morgan fingerprint density at radius 1 is 0.200 bits per heavy atom. The van der Waals surface area contributed by atoms with E-state index in [-0.39, 0.29) is 0 Å². The van der Waals surface area contributed by atoms with Gasteiger partial charge >= 0.3 is 0 Å². The van der Waals surface area contributed by atoms with Crippen molar-refractivity contribution in [3.05, 3.63) is 389 Å². The van der Waals surface area contributed by atoms with Crippen molar-refractivity contribution < 1.29 is 0 Å². The monoisotopic (exact) mass is 1330 g/mol. The third-order valence-electron chi connectivity index (χ3n) is 21.3. The molecule has 4 heteroatoms. The third kappa shape index (κ3) is 10.9. The summed E-state index contributed by atoms with van der Waals surface area (Å²) in [6.07, 6.45) is 6.00. The van der Waals surface area contributed by atoms with E-state index in [4.69, 9.17) is 9.97 Å². The van der Waals surface area contributed by atoms with Crippen molar-refractivity contribution in [3.8, 4) is 101 Å². The van der Waals surface area contributed by atoms with Gasteiger partial charge in [-0.25, -0.2) is 4.98 Å². The van der Waals surface area contributed by atoms with E-state index in [9.17, 15) is 0 Å². The molecule has 0 saturated heterocycles. The fourth-order valence-corrected chi connectivity index (χ4v) is 16.2. The molecule has 17 aromatic carbocycles. The summed E-state index contributed by atoms with van der Waals surface area (Å²) >= 11 is 0. The van der Waals surface area contributed by atoms with Crippen molar-refractivity contribution in [2.24, 2.45) is 0 Å². The predicted molar refractivity (Wildman–Crippen MR) is 444 cm³/mol. The standard InChI is InChI=1S/C53H34N2.C48H30N2/c1-2-14-39(15-3-1)53-52(54-49-20-10-11-31-55(49)53)38-25-21-37(22-26-38)42-29-30-47-48(34-42)51(44-28-24-36-13-5-7-17-41(36)33-44)46-19-9-8-18-45(46)50(47)43-27-23-35-12-4-6-16-40(35)32-43;1-3-11-33-25-37(19-17-31(33)9-1)47-41-14-6-7-15-42(41)48(38-20-18-32-10-2-4-12-34(32)26-38)44-28-35(21-23-43(44)47)39-22-24-46(49-29-39)40-27-36-13-5-8-16-45(36)50-30-40/h1-34H;1-30H. The Balaban J connectivity index is 0.000000140. The molecule has 0 spiro atoms. The number of aromatic nitrogens is 4. The zero-order valence-corrected chi connectivity index (χ0v) is 57.2. The number of fused-ring (bicyclic) bond motifs is 10. The highest BCUT2D eigenvalue weighted by atomic mass is 15.0. The topological polar surface area (TPSA) is 43.1 Å². The molecule has 0 radical (unpaired) electrons. The summed E-state index contributed by atoms with van der Waals surface area (Å²) in [6, 6.07) is 134. The lowest BCUT2D eigenvalue weighted by molar-refractivity contribution is 1.19. The maximum absolute atomic E-state index is 5.12. The molecule has 4 heterocycles. The summed E-state index contributed by atoms with van der Waals surface area (Å²) in [5.74, 6) is 0. The molecule has 105 heavy (non-hydrogen) atoms. The smallest absolute Gasteiger partial charge is 0.137 e. The van der Waals surface area contributed by atoms with Crippen LogP contribution in [0.4, 0.5) is 0 Å². The minimum atomic E-state index is 0.911. The molecule has 4 aromatic heterocycles. The molecule has 0 amide bonds. The minimum Gasteiger partial charge on any atom is -0.299 e. The number of hydrogen-bond acceptors (Lipinski definition) is 3. The molecule has 0 saturated carbocycles. The highest BCUT2D eigenvalue weighted by Crippen LogP contribution is 2.49. The molecule has 488 valence electrons. The van der Waals surface area contributed by atoms with Gasteiger partial charge in [0.2, 0.25) is 0 Å². The van der Waals surface area contributed by atoms with E-state index in [1.807, 2.05) is 36.7 Å². The lowest BCUT2D eigenvalue weighted by Gasteiger charge is -2.19. The fraction of sp³-hybridized carbons (Fsp3) is 0. The van der Waals surface area contributed by atoms with Crippen LogP contribution in [0.3, 0.4) is 0 Å². The largest absolute Gasteiger partial charge is 0.299 e. The van der Waals surface area contributed by atoms with E-state index in [1.54, 1.807) is 0 Å². The quantitative estimate of drug-likeness (QED) is 0.135. The van der Waals surface area contributed by atoms with Gasteiger partial charge in [-0.3, -0.25) is 14.4 Å². The van der Waals surface area contributed by atoms with Crippen LogP contribution >= 0.6 is 0 Å². The number of benzene rings is 17. The van der Waals surface area contributed by atoms with Gasteiger partial charge in [0.1, 0.15) is 5.65 Å². The second kappa shape index (κ2) is 25.6.